The maximum atomic E-state index is 4.75. The Hall–Kier alpha value is -2.94. The fourth-order valence-corrected chi connectivity index (χ4v) is 3.10. The molecule has 3 heteroatoms. The summed E-state index contributed by atoms with van der Waals surface area (Å²) in [7, 11) is 0. The van der Waals surface area contributed by atoms with Crippen molar-refractivity contribution in [3.8, 4) is 22.4 Å². The molecule has 0 aliphatic rings. The van der Waals surface area contributed by atoms with Crippen molar-refractivity contribution in [2.45, 2.75) is 20.3 Å². The van der Waals surface area contributed by atoms with Crippen LogP contribution < -0.4 is 0 Å². The van der Waals surface area contributed by atoms with Crippen molar-refractivity contribution in [1.82, 2.24) is 14.4 Å². The molecule has 118 valence electrons. The maximum absolute atomic E-state index is 4.75. The van der Waals surface area contributed by atoms with Crippen molar-refractivity contribution in [2.24, 2.45) is 0 Å². The molecule has 4 aromatic rings. The second-order valence-electron chi connectivity index (χ2n) is 5.97. The molecule has 2 aromatic carbocycles. The number of benzene rings is 2. The third-order valence-corrected chi connectivity index (χ3v) is 4.45. The Bertz CT molecular complexity index is 1000. The van der Waals surface area contributed by atoms with Crippen molar-refractivity contribution >= 4 is 5.65 Å². The van der Waals surface area contributed by atoms with Crippen LogP contribution in [-0.2, 0) is 6.42 Å². The molecule has 0 radical (unpaired) electrons. The topological polar surface area (TPSA) is 30.2 Å². The van der Waals surface area contributed by atoms with Gasteiger partial charge in [0.2, 0.25) is 0 Å². The lowest BCUT2D eigenvalue weighted by molar-refractivity contribution is 0.981. The molecule has 0 saturated heterocycles. The first-order valence-corrected chi connectivity index (χ1v) is 8.25. The van der Waals surface area contributed by atoms with Crippen LogP contribution in [0, 0.1) is 6.92 Å². The maximum Gasteiger partial charge on any atom is 0.155 e. The Kier molecular flexibility index (Phi) is 3.62. The molecule has 0 spiro atoms. The number of imidazole rings is 1. The minimum Gasteiger partial charge on any atom is -0.303 e. The first kappa shape index (κ1) is 14.6. The van der Waals surface area contributed by atoms with Gasteiger partial charge >= 0.3 is 0 Å². The highest BCUT2D eigenvalue weighted by molar-refractivity contribution is 5.77. The lowest BCUT2D eigenvalue weighted by atomic mass is 9.95. The number of rotatable bonds is 3. The summed E-state index contributed by atoms with van der Waals surface area (Å²) < 4.78 is 2.07. The predicted octanol–water partition coefficient (Wildman–Crippen LogP) is 4.93. The normalized spacial score (nSPS) is 11.1. The molecule has 0 bridgehead atoms. The second kappa shape index (κ2) is 5.93. The van der Waals surface area contributed by atoms with Gasteiger partial charge in [0.1, 0.15) is 0 Å². The fraction of sp³-hybridized carbons (Fsp3) is 0.143. The van der Waals surface area contributed by atoms with E-state index in [1.165, 1.54) is 16.7 Å². The van der Waals surface area contributed by atoms with Gasteiger partial charge in [-0.2, -0.15) is 0 Å². The largest absolute Gasteiger partial charge is 0.303 e. The molecule has 0 N–H and O–H groups in total. The Morgan fingerprint density at radius 1 is 0.917 bits per heavy atom. The molecular weight excluding hydrogens is 294 g/mol. The number of aryl methyl sites for hydroxylation is 1. The summed E-state index contributed by atoms with van der Waals surface area (Å²) in [5, 5.41) is 0. The summed E-state index contributed by atoms with van der Waals surface area (Å²) in [5.41, 5.74) is 7.83. The van der Waals surface area contributed by atoms with E-state index in [0.29, 0.717) is 0 Å². The summed E-state index contributed by atoms with van der Waals surface area (Å²) in [5.74, 6) is 0. The molecule has 0 fully saturated rings. The van der Waals surface area contributed by atoms with E-state index in [4.69, 9.17) is 4.98 Å². The van der Waals surface area contributed by atoms with E-state index in [2.05, 4.69) is 78.1 Å². The average molecular weight is 313 g/mol. The van der Waals surface area contributed by atoms with Crippen LogP contribution in [0.25, 0.3) is 28.0 Å². The summed E-state index contributed by atoms with van der Waals surface area (Å²) in [6, 6.07) is 16.9. The molecule has 24 heavy (non-hydrogen) atoms. The van der Waals surface area contributed by atoms with Crippen LogP contribution in [0.4, 0.5) is 0 Å². The molecule has 2 heterocycles. The number of hydrogen-bond acceptors (Lipinski definition) is 2. The van der Waals surface area contributed by atoms with Gasteiger partial charge in [-0.3, -0.25) is 4.98 Å². The van der Waals surface area contributed by atoms with Crippen LogP contribution in [0.3, 0.4) is 0 Å². The van der Waals surface area contributed by atoms with Crippen LogP contribution in [-0.4, -0.2) is 14.4 Å². The monoisotopic (exact) mass is 313 g/mol. The van der Waals surface area contributed by atoms with Crippen molar-refractivity contribution in [2.75, 3.05) is 0 Å². The van der Waals surface area contributed by atoms with Gasteiger partial charge in [-0.15, -0.1) is 0 Å². The first-order valence-electron chi connectivity index (χ1n) is 8.25. The molecule has 4 rings (SSSR count). The van der Waals surface area contributed by atoms with Crippen LogP contribution in [0.5, 0.6) is 0 Å². The standard InChI is InChI=1S/C21H19N3/c1-3-17-13-24-14-20(23-21(24)12-22-17)19-11-7-10-18(15(19)2)16-8-5-4-6-9-16/h4-14H,3H2,1-2H3. The lowest BCUT2D eigenvalue weighted by Crippen LogP contribution is -1.91. The van der Waals surface area contributed by atoms with Crippen molar-refractivity contribution in [3.63, 3.8) is 0 Å². The average Bonchev–Trinajstić information content (AvgIpc) is 3.05. The molecule has 0 atom stereocenters. The van der Waals surface area contributed by atoms with Gasteiger partial charge < -0.3 is 4.40 Å². The zero-order chi connectivity index (χ0) is 16.5. The molecule has 3 nitrogen and oxygen atoms in total. The molecular formula is C21H19N3. The van der Waals surface area contributed by atoms with Crippen molar-refractivity contribution in [3.05, 3.63) is 78.4 Å². The molecule has 2 aromatic heterocycles. The van der Waals surface area contributed by atoms with Crippen LogP contribution in [0.2, 0.25) is 0 Å². The van der Waals surface area contributed by atoms with Crippen LogP contribution in [0.15, 0.2) is 67.1 Å². The van der Waals surface area contributed by atoms with E-state index in [9.17, 15) is 0 Å². The Morgan fingerprint density at radius 2 is 1.71 bits per heavy atom. The first-order chi connectivity index (χ1) is 11.8. The van der Waals surface area contributed by atoms with Gasteiger partial charge in [-0.05, 0) is 30.0 Å². The van der Waals surface area contributed by atoms with E-state index >= 15 is 0 Å². The predicted molar refractivity (Wildman–Crippen MR) is 98.0 cm³/mol. The molecule has 0 amide bonds. The van der Waals surface area contributed by atoms with Gasteiger partial charge in [-0.25, -0.2) is 4.98 Å². The van der Waals surface area contributed by atoms with Gasteiger partial charge in [0.25, 0.3) is 0 Å². The third kappa shape index (κ3) is 2.48. The molecule has 0 unspecified atom stereocenters. The highest BCUT2D eigenvalue weighted by Gasteiger charge is 2.11. The smallest absolute Gasteiger partial charge is 0.155 e. The van der Waals surface area contributed by atoms with Gasteiger partial charge in [0.15, 0.2) is 5.65 Å². The van der Waals surface area contributed by atoms with Gasteiger partial charge in [0.05, 0.1) is 17.6 Å². The lowest BCUT2D eigenvalue weighted by Gasteiger charge is -2.10. The highest BCUT2D eigenvalue weighted by Crippen LogP contribution is 2.31. The minimum absolute atomic E-state index is 0.881. The summed E-state index contributed by atoms with van der Waals surface area (Å²) >= 11 is 0. The number of nitrogens with zero attached hydrogens (tertiary/aromatic N) is 3. The Balaban J connectivity index is 1.85. The van der Waals surface area contributed by atoms with Crippen LogP contribution >= 0.6 is 0 Å². The Labute approximate surface area is 141 Å². The molecule has 0 aliphatic carbocycles. The minimum atomic E-state index is 0.881. The summed E-state index contributed by atoms with van der Waals surface area (Å²) in [6.45, 7) is 4.27. The molecule has 0 saturated carbocycles. The number of fused-ring (bicyclic) bond motifs is 1. The van der Waals surface area contributed by atoms with E-state index in [1.54, 1.807) is 0 Å². The second-order valence-corrected chi connectivity index (χ2v) is 5.97. The van der Waals surface area contributed by atoms with E-state index < -0.39 is 0 Å². The Morgan fingerprint density at radius 3 is 2.50 bits per heavy atom. The highest BCUT2D eigenvalue weighted by atomic mass is 15.0. The van der Waals surface area contributed by atoms with Gasteiger partial charge in [0, 0.05) is 18.0 Å². The van der Waals surface area contributed by atoms with E-state index in [0.717, 1.165) is 29.0 Å². The zero-order valence-corrected chi connectivity index (χ0v) is 13.9. The van der Waals surface area contributed by atoms with Crippen molar-refractivity contribution in [1.29, 1.82) is 0 Å². The van der Waals surface area contributed by atoms with Crippen LogP contribution in [0.1, 0.15) is 18.2 Å². The number of hydrogen-bond donors (Lipinski definition) is 0. The summed E-state index contributed by atoms with van der Waals surface area (Å²) in [4.78, 5) is 9.19. The van der Waals surface area contributed by atoms with Crippen molar-refractivity contribution < 1.29 is 0 Å². The SMILES string of the molecule is CCc1cn2cc(-c3cccc(-c4ccccc4)c3C)nc2cn1. The van der Waals surface area contributed by atoms with E-state index in [-0.39, 0.29) is 0 Å². The third-order valence-electron chi connectivity index (χ3n) is 4.45. The number of aromatic nitrogens is 3. The fourth-order valence-electron chi connectivity index (χ4n) is 3.10. The summed E-state index contributed by atoms with van der Waals surface area (Å²) in [6.07, 6.45) is 6.92. The zero-order valence-electron chi connectivity index (χ0n) is 13.9. The van der Waals surface area contributed by atoms with E-state index in [1.807, 2.05) is 12.3 Å². The van der Waals surface area contributed by atoms with Gasteiger partial charge in [-0.1, -0.05) is 55.5 Å². The molecule has 0 aliphatic heterocycles. The quantitative estimate of drug-likeness (QED) is 0.536.